The van der Waals surface area contributed by atoms with Crippen LogP contribution in [0.15, 0.2) is 18.2 Å². The Kier molecular flexibility index (Phi) is 8.44. The molecule has 0 fully saturated rings. The molecule has 0 atom stereocenters. The molecule has 1 rings (SSSR count). The van der Waals surface area contributed by atoms with Gasteiger partial charge in [-0.3, -0.25) is 9.59 Å². The van der Waals surface area contributed by atoms with Gasteiger partial charge in [0.05, 0.1) is 40.3 Å². The Bertz CT molecular complexity index is 650. The molecule has 2 N–H and O–H groups in total. The zero-order valence-electron chi connectivity index (χ0n) is 18.2. The lowest BCUT2D eigenvalue weighted by Crippen LogP contribution is -2.48. The third kappa shape index (κ3) is 6.96. The molecule has 0 radical (unpaired) electrons. The van der Waals surface area contributed by atoms with Gasteiger partial charge in [-0.2, -0.15) is 0 Å². The fourth-order valence-corrected chi connectivity index (χ4v) is 2.81. The second-order valence-corrected chi connectivity index (χ2v) is 7.95. The predicted molar refractivity (Wildman–Crippen MR) is 113 cm³/mol. The molecule has 0 saturated heterocycles. The number of likely N-dealkylation sites (N-methyl/N-ethyl adjacent to an activating group) is 2. The van der Waals surface area contributed by atoms with E-state index in [1.54, 1.807) is 0 Å². The van der Waals surface area contributed by atoms with Crippen molar-refractivity contribution in [3.05, 3.63) is 23.8 Å². The zero-order valence-corrected chi connectivity index (χ0v) is 18.2. The van der Waals surface area contributed by atoms with E-state index in [0.29, 0.717) is 27.7 Å². The summed E-state index contributed by atoms with van der Waals surface area (Å²) in [7, 11) is 4.16. The molecule has 152 valence electrons. The first kappa shape index (κ1) is 23.1. The largest absolute Gasteiger partial charge is 0.321 e. The summed E-state index contributed by atoms with van der Waals surface area (Å²) in [4.78, 5) is 24.9. The summed E-state index contributed by atoms with van der Waals surface area (Å²) in [5.74, 6) is -0.0162. The number of amides is 2. The molecule has 1 aromatic rings. The Balaban J connectivity index is 2.82. The van der Waals surface area contributed by atoms with E-state index < -0.39 is 0 Å². The molecular formula is C21H38N4O2+2. The highest BCUT2D eigenvalue weighted by molar-refractivity contribution is 5.95. The summed E-state index contributed by atoms with van der Waals surface area (Å²) in [5, 5.41) is 5.98. The lowest BCUT2D eigenvalue weighted by molar-refractivity contribution is -0.898. The molecule has 0 spiro atoms. The first-order chi connectivity index (χ1) is 12.6. The third-order valence-corrected chi connectivity index (χ3v) is 5.90. The van der Waals surface area contributed by atoms with E-state index in [0.717, 1.165) is 37.4 Å². The van der Waals surface area contributed by atoms with E-state index in [1.807, 2.05) is 25.1 Å². The molecule has 0 saturated carbocycles. The van der Waals surface area contributed by atoms with Crippen molar-refractivity contribution < 1.29 is 18.6 Å². The first-order valence-corrected chi connectivity index (χ1v) is 9.97. The number of carbonyl (C=O) groups excluding carboxylic acids is 2. The van der Waals surface area contributed by atoms with Crippen molar-refractivity contribution >= 4 is 23.2 Å². The predicted octanol–water partition coefficient (Wildman–Crippen LogP) is 2.84. The number of hydrogen-bond donors (Lipinski definition) is 2. The molecular weight excluding hydrogens is 340 g/mol. The SMILES string of the molecule is CC[N+](C)(CC)CC(=O)Nc1ccc(C)c(NC(=O)C[N+](C)(CC)CC)c1. The average molecular weight is 379 g/mol. The van der Waals surface area contributed by atoms with Gasteiger partial charge in [0.2, 0.25) is 0 Å². The fourth-order valence-electron chi connectivity index (χ4n) is 2.81. The maximum absolute atomic E-state index is 12.5. The molecule has 2 amide bonds. The van der Waals surface area contributed by atoms with Gasteiger partial charge in [-0.1, -0.05) is 6.07 Å². The van der Waals surface area contributed by atoms with Crippen molar-refractivity contribution in [2.45, 2.75) is 34.6 Å². The Morgan fingerprint density at radius 1 is 0.815 bits per heavy atom. The minimum absolute atomic E-state index is 0.00557. The van der Waals surface area contributed by atoms with Crippen molar-refractivity contribution in [3.63, 3.8) is 0 Å². The summed E-state index contributed by atoms with van der Waals surface area (Å²) in [6, 6.07) is 5.64. The summed E-state index contributed by atoms with van der Waals surface area (Å²) in [5.41, 5.74) is 2.44. The Morgan fingerprint density at radius 2 is 1.26 bits per heavy atom. The van der Waals surface area contributed by atoms with E-state index in [9.17, 15) is 9.59 Å². The lowest BCUT2D eigenvalue weighted by atomic mass is 10.1. The van der Waals surface area contributed by atoms with Crippen LogP contribution in [0.25, 0.3) is 0 Å². The fraction of sp³-hybridized carbons (Fsp3) is 0.619. The van der Waals surface area contributed by atoms with E-state index in [1.165, 1.54) is 0 Å². The van der Waals surface area contributed by atoms with Crippen LogP contribution in [0.5, 0.6) is 0 Å². The Morgan fingerprint density at radius 3 is 1.70 bits per heavy atom. The van der Waals surface area contributed by atoms with Crippen LogP contribution in [-0.2, 0) is 9.59 Å². The van der Waals surface area contributed by atoms with Crippen LogP contribution >= 0.6 is 0 Å². The highest BCUT2D eigenvalue weighted by Crippen LogP contribution is 2.21. The van der Waals surface area contributed by atoms with Crippen LogP contribution in [0.4, 0.5) is 11.4 Å². The smallest absolute Gasteiger partial charge is 0.279 e. The van der Waals surface area contributed by atoms with Gasteiger partial charge in [-0.25, -0.2) is 0 Å². The molecule has 1 aromatic carbocycles. The van der Waals surface area contributed by atoms with Crippen molar-refractivity contribution in [2.75, 3.05) is 64.0 Å². The Labute approximate surface area is 164 Å². The van der Waals surface area contributed by atoms with Gasteiger partial charge in [0.15, 0.2) is 13.1 Å². The molecule has 6 nitrogen and oxygen atoms in total. The lowest BCUT2D eigenvalue weighted by Gasteiger charge is -2.31. The summed E-state index contributed by atoms with van der Waals surface area (Å²) in [6.45, 7) is 14.8. The highest BCUT2D eigenvalue weighted by atomic mass is 16.2. The topological polar surface area (TPSA) is 58.2 Å². The number of rotatable bonds is 10. The standard InChI is InChI=1S/C21H36N4O2/c1-8-24(6,9-2)15-20(26)22-18-13-12-17(5)19(14-18)23-21(27)16-25(7,10-3)11-4/h12-14H,8-11,15-16H2,1-7H3/p+2. The molecule has 0 heterocycles. The molecule has 27 heavy (non-hydrogen) atoms. The number of hydrogen-bond acceptors (Lipinski definition) is 2. The zero-order chi connectivity index (χ0) is 20.7. The van der Waals surface area contributed by atoms with Crippen LogP contribution in [0.3, 0.4) is 0 Å². The molecule has 0 aliphatic rings. The van der Waals surface area contributed by atoms with Crippen molar-refractivity contribution in [3.8, 4) is 0 Å². The van der Waals surface area contributed by atoms with Gasteiger partial charge in [0.25, 0.3) is 11.8 Å². The maximum Gasteiger partial charge on any atom is 0.279 e. The summed E-state index contributed by atoms with van der Waals surface area (Å²) in [6.07, 6.45) is 0. The molecule has 0 bridgehead atoms. The van der Waals surface area contributed by atoms with Crippen molar-refractivity contribution in [1.82, 2.24) is 0 Å². The number of carbonyl (C=O) groups is 2. The monoisotopic (exact) mass is 378 g/mol. The first-order valence-electron chi connectivity index (χ1n) is 9.97. The van der Waals surface area contributed by atoms with Crippen LogP contribution in [0.1, 0.15) is 33.3 Å². The maximum atomic E-state index is 12.5. The highest BCUT2D eigenvalue weighted by Gasteiger charge is 2.23. The van der Waals surface area contributed by atoms with Crippen molar-refractivity contribution in [2.24, 2.45) is 0 Å². The minimum Gasteiger partial charge on any atom is -0.321 e. The molecule has 0 aliphatic carbocycles. The number of quaternary nitrogens is 2. The molecule has 0 aliphatic heterocycles. The third-order valence-electron chi connectivity index (χ3n) is 5.90. The molecule has 0 unspecified atom stereocenters. The van der Waals surface area contributed by atoms with Gasteiger partial charge in [-0.05, 0) is 52.3 Å². The van der Waals surface area contributed by atoms with Gasteiger partial charge >= 0.3 is 0 Å². The normalized spacial score (nSPS) is 12.0. The van der Waals surface area contributed by atoms with E-state index in [-0.39, 0.29) is 11.8 Å². The summed E-state index contributed by atoms with van der Waals surface area (Å²) < 4.78 is 1.40. The van der Waals surface area contributed by atoms with Crippen LogP contribution < -0.4 is 10.6 Å². The molecule has 0 aromatic heterocycles. The minimum atomic E-state index is -0.0106. The average Bonchev–Trinajstić information content (AvgIpc) is 2.64. The molecule has 6 heteroatoms. The van der Waals surface area contributed by atoms with Crippen molar-refractivity contribution in [1.29, 1.82) is 0 Å². The quantitative estimate of drug-likeness (QED) is 0.615. The van der Waals surface area contributed by atoms with E-state index in [2.05, 4.69) is 52.4 Å². The van der Waals surface area contributed by atoms with Gasteiger partial charge < -0.3 is 19.6 Å². The number of aryl methyl sites for hydroxylation is 1. The number of benzene rings is 1. The van der Waals surface area contributed by atoms with Gasteiger partial charge in [0.1, 0.15) is 0 Å². The van der Waals surface area contributed by atoms with E-state index in [4.69, 9.17) is 0 Å². The summed E-state index contributed by atoms with van der Waals surface area (Å²) >= 11 is 0. The van der Waals surface area contributed by atoms with Gasteiger partial charge in [-0.15, -0.1) is 0 Å². The van der Waals surface area contributed by atoms with E-state index >= 15 is 0 Å². The van der Waals surface area contributed by atoms with Gasteiger partial charge in [0, 0.05) is 11.4 Å². The Hall–Kier alpha value is -1.92. The number of anilines is 2. The number of nitrogens with one attached hydrogen (secondary N) is 2. The van der Waals surface area contributed by atoms with Crippen LogP contribution in [0, 0.1) is 6.92 Å². The van der Waals surface area contributed by atoms with Crippen LogP contribution in [-0.4, -0.2) is 74.1 Å². The van der Waals surface area contributed by atoms with Crippen LogP contribution in [0.2, 0.25) is 0 Å². The number of nitrogens with zero attached hydrogens (tertiary/aromatic N) is 2. The second kappa shape index (κ2) is 9.85. The second-order valence-electron chi connectivity index (χ2n) is 7.95.